The van der Waals surface area contributed by atoms with Crippen LogP contribution in [0.3, 0.4) is 0 Å². The second-order valence-corrected chi connectivity index (χ2v) is 8.28. The second kappa shape index (κ2) is 7.04. The highest BCUT2D eigenvalue weighted by atomic mass is 32.2. The van der Waals surface area contributed by atoms with Crippen LogP contribution in [0.4, 0.5) is 0 Å². The third-order valence-corrected chi connectivity index (χ3v) is 5.68. The van der Waals surface area contributed by atoms with Crippen molar-refractivity contribution in [2.75, 3.05) is 32.1 Å². The molecule has 0 spiro atoms. The highest BCUT2D eigenvalue weighted by molar-refractivity contribution is 7.90. The SMILES string of the molecule is CCC(C)(C(CCCS(C)(=O)=O)NC)N1CCCC1. The summed E-state index contributed by atoms with van der Waals surface area (Å²) in [4.78, 5) is 2.58. The van der Waals surface area contributed by atoms with Gasteiger partial charge in [0.05, 0.1) is 0 Å². The van der Waals surface area contributed by atoms with Crippen LogP contribution >= 0.6 is 0 Å². The van der Waals surface area contributed by atoms with Crippen molar-refractivity contribution in [1.82, 2.24) is 10.2 Å². The standard InChI is InChI=1S/C14H30N2O2S/c1-5-14(2,16-10-6-7-11-16)13(15-3)9-8-12-19(4,17)18/h13,15H,5-12H2,1-4H3. The minimum atomic E-state index is -2.84. The van der Waals surface area contributed by atoms with Gasteiger partial charge in [0.15, 0.2) is 0 Å². The molecule has 1 heterocycles. The zero-order chi connectivity index (χ0) is 14.5. The van der Waals surface area contributed by atoms with Crippen molar-refractivity contribution in [2.45, 2.75) is 57.5 Å². The molecular weight excluding hydrogens is 260 g/mol. The minimum absolute atomic E-state index is 0.142. The van der Waals surface area contributed by atoms with Crippen LogP contribution in [0.1, 0.15) is 46.0 Å². The van der Waals surface area contributed by atoms with E-state index in [-0.39, 0.29) is 5.54 Å². The third-order valence-electron chi connectivity index (χ3n) is 4.65. The van der Waals surface area contributed by atoms with Gasteiger partial charge in [0.2, 0.25) is 0 Å². The Bertz CT molecular complexity index is 364. The Labute approximate surface area is 118 Å². The molecule has 0 bridgehead atoms. The molecule has 0 radical (unpaired) electrons. The van der Waals surface area contributed by atoms with E-state index in [0.717, 1.165) is 19.3 Å². The van der Waals surface area contributed by atoms with Crippen LogP contribution in [0.2, 0.25) is 0 Å². The molecule has 0 aromatic rings. The molecule has 1 rings (SSSR count). The molecule has 5 heteroatoms. The van der Waals surface area contributed by atoms with Crippen molar-refractivity contribution in [3.8, 4) is 0 Å². The maximum absolute atomic E-state index is 11.2. The molecule has 1 aliphatic heterocycles. The highest BCUT2D eigenvalue weighted by Crippen LogP contribution is 2.29. The molecule has 114 valence electrons. The fourth-order valence-corrected chi connectivity index (χ4v) is 3.93. The quantitative estimate of drug-likeness (QED) is 0.739. The van der Waals surface area contributed by atoms with E-state index in [1.807, 2.05) is 7.05 Å². The van der Waals surface area contributed by atoms with Crippen LogP contribution in [0.15, 0.2) is 0 Å². The largest absolute Gasteiger partial charge is 0.315 e. The number of likely N-dealkylation sites (N-methyl/N-ethyl adjacent to an activating group) is 1. The summed E-state index contributed by atoms with van der Waals surface area (Å²) >= 11 is 0. The summed E-state index contributed by atoms with van der Waals surface area (Å²) in [6, 6.07) is 0.359. The maximum Gasteiger partial charge on any atom is 0.147 e. The monoisotopic (exact) mass is 290 g/mol. The predicted molar refractivity (Wildman–Crippen MR) is 81.3 cm³/mol. The van der Waals surface area contributed by atoms with E-state index < -0.39 is 9.84 Å². The highest BCUT2D eigenvalue weighted by Gasteiger charge is 2.38. The van der Waals surface area contributed by atoms with Crippen LogP contribution in [-0.2, 0) is 9.84 Å². The normalized spacial score (nSPS) is 22.3. The predicted octanol–water partition coefficient (Wildman–Crippen LogP) is 1.66. The van der Waals surface area contributed by atoms with Crippen molar-refractivity contribution in [1.29, 1.82) is 0 Å². The average molecular weight is 290 g/mol. The summed E-state index contributed by atoms with van der Waals surface area (Å²) < 4.78 is 22.5. The van der Waals surface area contributed by atoms with E-state index in [4.69, 9.17) is 0 Å². The van der Waals surface area contributed by atoms with Gasteiger partial charge in [-0.1, -0.05) is 6.92 Å². The van der Waals surface area contributed by atoms with Crippen molar-refractivity contribution in [3.63, 3.8) is 0 Å². The van der Waals surface area contributed by atoms with Gasteiger partial charge >= 0.3 is 0 Å². The van der Waals surface area contributed by atoms with E-state index >= 15 is 0 Å². The smallest absolute Gasteiger partial charge is 0.147 e. The van der Waals surface area contributed by atoms with Crippen LogP contribution in [-0.4, -0.2) is 57.0 Å². The summed E-state index contributed by atoms with van der Waals surface area (Å²) in [6.07, 6.45) is 6.65. The Morgan fingerprint density at radius 3 is 2.32 bits per heavy atom. The van der Waals surface area contributed by atoms with Crippen molar-refractivity contribution >= 4 is 9.84 Å². The van der Waals surface area contributed by atoms with Crippen LogP contribution in [0.5, 0.6) is 0 Å². The van der Waals surface area contributed by atoms with Crippen molar-refractivity contribution < 1.29 is 8.42 Å². The molecule has 19 heavy (non-hydrogen) atoms. The first-order valence-corrected chi connectivity index (χ1v) is 9.49. The van der Waals surface area contributed by atoms with Crippen molar-refractivity contribution in [2.24, 2.45) is 0 Å². The average Bonchev–Trinajstić information content (AvgIpc) is 2.86. The number of nitrogens with zero attached hydrogens (tertiary/aromatic N) is 1. The minimum Gasteiger partial charge on any atom is -0.315 e. The fraction of sp³-hybridized carbons (Fsp3) is 1.00. The summed E-state index contributed by atoms with van der Waals surface area (Å²) in [7, 11) is -0.846. The number of nitrogens with one attached hydrogen (secondary N) is 1. The van der Waals surface area contributed by atoms with Gasteiger partial charge in [-0.15, -0.1) is 0 Å². The third kappa shape index (κ3) is 4.72. The lowest BCUT2D eigenvalue weighted by Crippen LogP contribution is -2.57. The van der Waals surface area contributed by atoms with Crippen LogP contribution in [0, 0.1) is 0 Å². The van der Waals surface area contributed by atoms with Crippen molar-refractivity contribution in [3.05, 3.63) is 0 Å². The molecule has 2 unspecified atom stereocenters. The zero-order valence-electron chi connectivity index (χ0n) is 12.9. The van der Waals surface area contributed by atoms with E-state index in [1.165, 1.54) is 32.2 Å². The molecule has 1 aliphatic rings. The molecule has 0 amide bonds. The molecule has 0 aromatic heterocycles. The number of hydrogen-bond donors (Lipinski definition) is 1. The Morgan fingerprint density at radius 2 is 1.89 bits per heavy atom. The first-order valence-electron chi connectivity index (χ1n) is 7.43. The number of sulfone groups is 1. The van der Waals surface area contributed by atoms with E-state index in [0.29, 0.717) is 11.8 Å². The maximum atomic E-state index is 11.2. The van der Waals surface area contributed by atoms with Gasteiger partial charge in [-0.2, -0.15) is 0 Å². The summed E-state index contributed by atoms with van der Waals surface area (Å²) in [5.74, 6) is 0.297. The molecule has 0 aliphatic carbocycles. The lowest BCUT2D eigenvalue weighted by atomic mass is 9.85. The topological polar surface area (TPSA) is 49.4 Å². The zero-order valence-corrected chi connectivity index (χ0v) is 13.7. The van der Waals surface area contributed by atoms with Gasteiger partial charge < -0.3 is 5.32 Å². The lowest BCUT2D eigenvalue weighted by Gasteiger charge is -2.44. The summed E-state index contributed by atoms with van der Waals surface area (Å²) in [5.41, 5.74) is 0.142. The first kappa shape index (κ1) is 16.9. The molecule has 1 fully saturated rings. The van der Waals surface area contributed by atoms with E-state index in [1.54, 1.807) is 0 Å². The lowest BCUT2D eigenvalue weighted by molar-refractivity contribution is 0.0834. The summed E-state index contributed by atoms with van der Waals surface area (Å²) in [6.45, 7) is 6.91. The molecule has 1 N–H and O–H groups in total. The van der Waals surface area contributed by atoms with Gasteiger partial charge in [0.1, 0.15) is 9.84 Å². The Hall–Kier alpha value is -0.130. The van der Waals surface area contributed by atoms with Crippen LogP contribution < -0.4 is 5.32 Å². The Balaban J connectivity index is 2.64. The van der Waals surface area contributed by atoms with Gasteiger partial charge in [0.25, 0.3) is 0 Å². The second-order valence-electron chi connectivity index (χ2n) is 6.02. The molecule has 2 atom stereocenters. The van der Waals surface area contributed by atoms with Crippen LogP contribution in [0.25, 0.3) is 0 Å². The number of likely N-dealkylation sites (tertiary alicyclic amines) is 1. The van der Waals surface area contributed by atoms with Gasteiger partial charge in [0, 0.05) is 23.6 Å². The van der Waals surface area contributed by atoms with Gasteiger partial charge in [-0.25, -0.2) is 8.42 Å². The molecule has 1 saturated heterocycles. The number of hydrogen-bond acceptors (Lipinski definition) is 4. The molecule has 0 saturated carbocycles. The Morgan fingerprint density at radius 1 is 1.32 bits per heavy atom. The van der Waals surface area contributed by atoms with E-state index in [9.17, 15) is 8.42 Å². The van der Waals surface area contributed by atoms with Gasteiger partial charge in [-0.05, 0) is 59.2 Å². The fourth-order valence-electron chi connectivity index (χ4n) is 3.23. The van der Waals surface area contributed by atoms with E-state index in [2.05, 4.69) is 24.1 Å². The molecule has 4 nitrogen and oxygen atoms in total. The molecular formula is C14H30N2O2S. The number of rotatable bonds is 8. The molecule has 0 aromatic carbocycles. The van der Waals surface area contributed by atoms with Gasteiger partial charge in [-0.3, -0.25) is 4.90 Å². The summed E-state index contributed by atoms with van der Waals surface area (Å²) in [5, 5.41) is 3.42. The first-order chi connectivity index (χ1) is 8.83. The Kier molecular flexibility index (Phi) is 6.27.